The maximum atomic E-state index is 11.8. The van der Waals surface area contributed by atoms with Crippen molar-refractivity contribution in [3.63, 3.8) is 0 Å². The maximum absolute atomic E-state index is 11.8. The van der Waals surface area contributed by atoms with E-state index in [-0.39, 0.29) is 5.97 Å². The summed E-state index contributed by atoms with van der Waals surface area (Å²) in [6.45, 7) is 5.32. The van der Waals surface area contributed by atoms with E-state index in [1.807, 2.05) is 12.3 Å². The van der Waals surface area contributed by atoms with Crippen LogP contribution < -0.4 is 5.32 Å². The number of carbonyl (C=O) groups is 1. The number of nitrogens with zero attached hydrogens (tertiary/aromatic N) is 1. The summed E-state index contributed by atoms with van der Waals surface area (Å²) in [5, 5.41) is 12.9. The van der Waals surface area contributed by atoms with Crippen LogP contribution in [0.1, 0.15) is 51.6 Å². The Morgan fingerprint density at radius 3 is 2.88 bits per heavy atom. The van der Waals surface area contributed by atoms with E-state index in [2.05, 4.69) is 29.8 Å². The van der Waals surface area contributed by atoms with Crippen molar-refractivity contribution in [2.45, 2.75) is 65.1 Å². The van der Waals surface area contributed by atoms with Crippen molar-refractivity contribution in [2.75, 3.05) is 6.61 Å². The van der Waals surface area contributed by atoms with Crippen LogP contribution in [0.15, 0.2) is 28.8 Å². The lowest BCUT2D eigenvalue weighted by atomic mass is 10.0. The van der Waals surface area contributed by atoms with Crippen molar-refractivity contribution in [3.8, 4) is 0 Å². The molecule has 5 nitrogen and oxygen atoms in total. The minimum atomic E-state index is -0.674. The Morgan fingerprint density at radius 2 is 2.23 bits per heavy atom. The minimum absolute atomic E-state index is 0.139. The van der Waals surface area contributed by atoms with Crippen LogP contribution in [0.4, 0.5) is 0 Å². The smallest absolute Gasteiger partial charge is 0.307 e. The number of esters is 1. The number of thioether (sulfide) groups is 1. The van der Waals surface area contributed by atoms with Crippen molar-refractivity contribution in [1.82, 2.24) is 9.88 Å². The highest BCUT2D eigenvalue weighted by Gasteiger charge is 2.25. The Labute approximate surface area is 165 Å². The maximum Gasteiger partial charge on any atom is 0.307 e. The number of aliphatic hydroxyl groups is 1. The second-order valence-corrected chi connectivity index (χ2v) is 7.99. The summed E-state index contributed by atoms with van der Waals surface area (Å²) in [6, 6.07) is 4.09. The molecule has 7 heteroatoms. The first-order chi connectivity index (χ1) is 12.5. The third-order valence-corrected chi connectivity index (χ3v) is 5.81. The molecule has 0 spiro atoms. The molecule has 0 aliphatic carbocycles. The number of aliphatic hydroxyl groups excluding tert-OH is 1. The highest BCUT2D eigenvalue weighted by Crippen LogP contribution is 2.32. The summed E-state index contributed by atoms with van der Waals surface area (Å²) >= 11 is 6.58. The Bertz CT molecular complexity index is 655. The zero-order chi connectivity index (χ0) is 18.9. The zero-order valence-electron chi connectivity index (χ0n) is 15.5. The molecule has 0 radical (unpaired) electrons. The summed E-state index contributed by atoms with van der Waals surface area (Å²) in [6.07, 6.45) is 6.27. The number of nitrogens with one attached hydrogen (secondary N) is 1. The number of ether oxygens (including phenoxy) is 1. The lowest BCUT2D eigenvalue weighted by Crippen LogP contribution is -2.24. The van der Waals surface area contributed by atoms with Gasteiger partial charge in [0.25, 0.3) is 0 Å². The number of aryl methyl sites for hydroxylation is 2. The van der Waals surface area contributed by atoms with Gasteiger partial charge in [0.15, 0.2) is 6.23 Å². The van der Waals surface area contributed by atoms with Crippen molar-refractivity contribution in [2.24, 2.45) is 0 Å². The van der Waals surface area contributed by atoms with E-state index in [0.29, 0.717) is 23.9 Å². The molecule has 26 heavy (non-hydrogen) atoms. The molecular weight excluding hydrogens is 368 g/mol. The van der Waals surface area contributed by atoms with E-state index in [0.717, 1.165) is 37.0 Å². The fraction of sp³-hybridized carbons (Fsp3) is 0.579. The summed E-state index contributed by atoms with van der Waals surface area (Å²) in [5.74, 6) is -0.139. The average molecular weight is 397 g/mol. The molecule has 144 valence electrons. The van der Waals surface area contributed by atoms with Gasteiger partial charge in [0.2, 0.25) is 0 Å². The SMILES string of the molecule is CCCCOC(=O)CCn1cccc1CCC(CC)=C1SC(=S)NC1O. The molecule has 2 heterocycles. The molecule has 1 atom stereocenters. The van der Waals surface area contributed by atoms with Gasteiger partial charge in [-0.2, -0.15) is 0 Å². The van der Waals surface area contributed by atoms with Crippen molar-refractivity contribution in [1.29, 1.82) is 0 Å². The van der Waals surface area contributed by atoms with Gasteiger partial charge in [0, 0.05) is 23.3 Å². The molecule has 1 aliphatic rings. The Hall–Kier alpha value is -1.31. The van der Waals surface area contributed by atoms with E-state index in [1.165, 1.54) is 23.0 Å². The normalized spacial score (nSPS) is 18.7. The first-order valence-corrected chi connectivity index (χ1v) is 10.5. The fourth-order valence-corrected chi connectivity index (χ4v) is 4.20. The third-order valence-electron chi connectivity index (χ3n) is 4.41. The van der Waals surface area contributed by atoms with Gasteiger partial charge in [-0.1, -0.05) is 49.8 Å². The number of unbranched alkanes of at least 4 members (excludes halogenated alkanes) is 1. The molecule has 1 aliphatic heterocycles. The van der Waals surface area contributed by atoms with Crippen LogP contribution in [-0.4, -0.2) is 32.8 Å². The second-order valence-electron chi connectivity index (χ2n) is 6.27. The van der Waals surface area contributed by atoms with Gasteiger partial charge < -0.3 is 19.7 Å². The number of rotatable bonds is 10. The largest absolute Gasteiger partial charge is 0.466 e. The van der Waals surface area contributed by atoms with Crippen LogP contribution in [0.3, 0.4) is 0 Å². The van der Waals surface area contributed by atoms with Crippen molar-refractivity contribution >= 4 is 34.3 Å². The molecule has 0 saturated carbocycles. The van der Waals surface area contributed by atoms with Crippen molar-refractivity contribution < 1.29 is 14.6 Å². The van der Waals surface area contributed by atoms with Gasteiger partial charge in [-0.25, -0.2) is 0 Å². The molecular formula is C19H28N2O3S2. The Morgan fingerprint density at radius 1 is 1.42 bits per heavy atom. The standard InChI is InChI=1S/C19H28N2O3S2/c1-3-5-13-24-16(22)10-12-21-11-6-7-15(21)9-8-14(4-2)17-18(23)20-19(25)26-17/h6-7,11,18,23H,3-5,8-10,12-13H2,1-2H3,(H,20,25). The van der Waals surface area contributed by atoms with E-state index in [4.69, 9.17) is 17.0 Å². The topological polar surface area (TPSA) is 63.5 Å². The lowest BCUT2D eigenvalue weighted by Gasteiger charge is -2.13. The van der Waals surface area contributed by atoms with Gasteiger partial charge in [-0.05, 0) is 37.8 Å². The first-order valence-electron chi connectivity index (χ1n) is 9.23. The number of carbonyl (C=O) groups excluding carboxylic acids is 1. The van der Waals surface area contributed by atoms with E-state index >= 15 is 0 Å². The van der Waals surface area contributed by atoms with Gasteiger partial charge in [-0.3, -0.25) is 4.79 Å². The highest BCUT2D eigenvalue weighted by atomic mass is 32.2. The van der Waals surface area contributed by atoms with Crippen molar-refractivity contribution in [3.05, 3.63) is 34.5 Å². The van der Waals surface area contributed by atoms with E-state index in [9.17, 15) is 9.90 Å². The van der Waals surface area contributed by atoms with Gasteiger partial charge >= 0.3 is 5.97 Å². The average Bonchev–Trinajstić information content (AvgIpc) is 3.20. The van der Waals surface area contributed by atoms with Crippen LogP contribution in [0, 0.1) is 0 Å². The van der Waals surface area contributed by atoms with Crippen LogP contribution in [-0.2, 0) is 22.5 Å². The van der Waals surface area contributed by atoms with E-state index < -0.39 is 6.23 Å². The number of hydrogen-bond donors (Lipinski definition) is 2. The lowest BCUT2D eigenvalue weighted by molar-refractivity contribution is -0.144. The van der Waals surface area contributed by atoms with Gasteiger partial charge in [-0.15, -0.1) is 0 Å². The van der Waals surface area contributed by atoms with Gasteiger partial charge in [0.05, 0.1) is 13.0 Å². The molecule has 1 unspecified atom stereocenters. The molecule has 1 aromatic rings. The molecule has 0 amide bonds. The second kappa shape index (κ2) is 10.7. The summed E-state index contributed by atoms with van der Waals surface area (Å²) in [5.41, 5.74) is 2.41. The number of hydrogen-bond acceptors (Lipinski definition) is 5. The molecule has 1 fully saturated rings. The molecule has 1 aromatic heterocycles. The number of thiocarbonyl (C=S) groups is 1. The summed E-state index contributed by atoms with van der Waals surface area (Å²) in [7, 11) is 0. The molecule has 0 aromatic carbocycles. The Balaban J connectivity index is 1.89. The van der Waals surface area contributed by atoms with Crippen LogP contribution in [0.25, 0.3) is 0 Å². The minimum Gasteiger partial charge on any atom is -0.466 e. The fourth-order valence-electron chi connectivity index (χ4n) is 2.89. The third kappa shape index (κ3) is 6.14. The summed E-state index contributed by atoms with van der Waals surface area (Å²) in [4.78, 5) is 12.7. The molecule has 2 rings (SSSR count). The predicted octanol–water partition coefficient (Wildman–Crippen LogP) is 3.76. The van der Waals surface area contributed by atoms with Crippen LogP contribution in [0.5, 0.6) is 0 Å². The van der Waals surface area contributed by atoms with Crippen LogP contribution >= 0.6 is 24.0 Å². The molecule has 1 saturated heterocycles. The molecule has 0 bridgehead atoms. The number of aromatic nitrogens is 1. The highest BCUT2D eigenvalue weighted by molar-refractivity contribution is 8.25. The summed E-state index contributed by atoms with van der Waals surface area (Å²) < 4.78 is 7.96. The first kappa shape index (κ1) is 21.0. The monoisotopic (exact) mass is 396 g/mol. The Kier molecular flexibility index (Phi) is 8.68. The predicted molar refractivity (Wildman–Crippen MR) is 110 cm³/mol. The van der Waals surface area contributed by atoms with E-state index in [1.54, 1.807) is 0 Å². The van der Waals surface area contributed by atoms with Gasteiger partial charge in [0.1, 0.15) is 4.32 Å². The quantitative estimate of drug-likeness (QED) is 0.357. The zero-order valence-corrected chi connectivity index (χ0v) is 17.1. The van der Waals surface area contributed by atoms with Crippen LogP contribution in [0.2, 0.25) is 0 Å². The molecule has 2 N–H and O–H groups in total. The number of allylic oxidation sites excluding steroid dienone is 1.